The van der Waals surface area contributed by atoms with Crippen molar-refractivity contribution in [2.24, 2.45) is 5.16 Å². The van der Waals surface area contributed by atoms with E-state index in [4.69, 9.17) is 4.74 Å². The van der Waals surface area contributed by atoms with Crippen molar-refractivity contribution in [3.05, 3.63) is 44.9 Å². The van der Waals surface area contributed by atoms with Gasteiger partial charge in [0.15, 0.2) is 0 Å². The number of ether oxygens (including phenoxy) is 1. The van der Waals surface area contributed by atoms with Gasteiger partial charge < -0.3 is 9.57 Å². The molecule has 0 atom stereocenters. The fourth-order valence-corrected chi connectivity index (χ4v) is 3.08. The van der Waals surface area contributed by atoms with Gasteiger partial charge in [-0.15, -0.1) is 0 Å². The zero-order chi connectivity index (χ0) is 14.7. The highest BCUT2D eigenvalue weighted by Crippen LogP contribution is 2.35. The summed E-state index contributed by atoms with van der Waals surface area (Å²) in [4.78, 5) is 16.1. The van der Waals surface area contributed by atoms with Crippen LogP contribution in [-0.2, 0) is 9.63 Å². The lowest BCUT2D eigenvalue weighted by molar-refractivity contribution is -0.136. The molecule has 1 aromatic rings. The van der Waals surface area contributed by atoms with Gasteiger partial charge in [0.2, 0.25) is 0 Å². The molecule has 0 bridgehead atoms. The van der Waals surface area contributed by atoms with Crippen molar-refractivity contribution >= 4 is 49.6 Å². The van der Waals surface area contributed by atoms with E-state index in [1.807, 2.05) is 12.1 Å². The summed E-state index contributed by atoms with van der Waals surface area (Å²) in [6, 6.07) is 3.71. The molecular weight excluding hydrogens is 390 g/mol. The zero-order valence-electron chi connectivity index (χ0n) is 10.7. The second kappa shape index (κ2) is 6.37. The zero-order valence-corrected chi connectivity index (χ0v) is 13.8. The summed E-state index contributed by atoms with van der Waals surface area (Å²) in [5, 5.41) is 3.64. The quantitative estimate of drug-likeness (QED) is 0.434. The van der Waals surface area contributed by atoms with Gasteiger partial charge in [0.05, 0.1) is 20.2 Å². The van der Waals surface area contributed by atoms with E-state index in [1.54, 1.807) is 19.1 Å². The maximum absolute atomic E-state index is 11.5. The molecular formula is C14H11Br2NO3. The first-order chi connectivity index (χ1) is 9.52. The van der Waals surface area contributed by atoms with Crippen molar-refractivity contribution in [1.82, 2.24) is 0 Å². The van der Waals surface area contributed by atoms with Crippen molar-refractivity contribution in [3.63, 3.8) is 0 Å². The minimum absolute atomic E-state index is 0.412. The van der Waals surface area contributed by atoms with Crippen LogP contribution in [0.1, 0.15) is 12.5 Å². The Morgan fingerprint density at radius 2 is 2.05 bits per heavy atom. The van der Waals surface area contributed by atoms with Gasteiger partial charge in [0.1, 0.15) is 12.4 Å². The molecule has 0 amide bonds. The van der Waals surface area contributed by atoms with E-state index in [-0.39, 0.29) is 0 Å². The first-order valence-electron chi connectivity index (χ1n) is 5.73. The van der Waals surface area contributed by atoms with Crippen LogP contribution in [0.15, 0.2) is 44.5 Å². The van der Waals surface area contributed by atoms with Gasteiger partial charge in [-0.25, -0.2) is 4.79 Å². The van der Waals surface area contributed by atoms with Crippen molar-refractivity contribution < 1.29 is 14.4 Å². The van der Waals surface area contributed by atoms with E-state index in [9.17, 15) is 4.79 Å². The molecule has 0 saturated heterocycles. The standard InChI is InChI=1S/C14H11Br2NO3/c1-3-4-19-13-11(15)6-9(7-12(13)16)5-10-8(2)17-20-14(10)18/h3,5-7H,1,4H2,2H3/b10-5-. The van der Waals surface area contributed by atoms with Crippen LogP contribution in [0.5, 0.6) is 5.75 Å². The fourth-order valence-electron chi connectivity index (χ4n) is 1.63. The third kappa shape index (κ3) is 3.19. The SMILES string of the molecule is C=CCOc1c(Br)cc(/C=C2\C(=O)ON=C2C)cc1Br. The molecule has 1 aliphatic heterocycles. The first kappa shape index (κ1) is 15.0. The highest BCUT2D eigenvalue weighted by molar-refractivity contribution is 9.11. The van der Waals surface area contributed by atoms with Gasteiger partial charge in [-0.1, -0.05) is 17.8 Å². The smallest absolute Gasteiger partial charge is 0.367 e. The normalized spacial score (nSPS) is 16.1. The Morgan fingerprint density at radius 1 is 1.40 bits per heavy atom. The number of hydrogen-bond donors (Lipinski definition) is 0. The average molecular weight is 401 g/mol. The Morgan fingerprint density at radius 3 is 2.55 bits per heavy atom. The van der Waals surface area contributed by atoms with Crippen LogP contribution in [0.4, 0.5) is 0 Å². The summed E-state index contributed by atoms with van der Waals surface area (Å²) in [7, 11) is 0. The Hall–Kier alpha value is -1.40. The molecule has 6 heteroatoms. The molecule has 0 aromatic heterocycles. The molecule has 20 heavy (non-hydrogen) atoms. The van der Waals surface area contributed by atoms with Crippen LogP contribution in [0.2, 0.25) is 0 Å². The van der Waals surface area contributed by atoms with Gasteiger partial charge in [-0.3, -0.25) is 0 Å². The van der Waals surface area contributed by atoms with E-state index < -0.39 is 5.97 Å². The number of halogens is 2. The Bertz CT molecular complexity index is 612. The summed E-state index contributed by atoms with van der Waals surface area (Å²) in [6.45, 7) is 5.75. The predicted octanol–water partition coefficient (Wildman–Crippen LogP) is 4.09. The molecule has 1 aromatic carbocycles. The lowest BCUT2D eigenvalue weighted by atomic mass is 10.1. The van der Waals surface area contributed by atoms with Gasteiger partial charge in [0, 0.05) is 0 Å². The largest absolute Gasteiger partial charge is 0.487 e. The van der Waals surface area contributed by atoms with E-state index >= 15 is 0 Å². The molecule has 0 unspecified atom stereocenters. The summed E-state index contributed by atoms with van der Waals surface area (Å²) >= 11 is 6.89. The molecule has 1 aliphatic rings. The minimum Gasteiger partial charge on any atom is -0.487 e. The van der Waals surface area contributed by atoms with Crippen LogP contribution in [0.3, 0.4) is 0 Å². The topological polar surface area (TPSA) is 47.9 Å². The third-order valence-corrected chi connectivity index (χ3v) is 3.73. The molecule has 0 N–H and O–H groups in total. The van der Waals surface area contributed by atoms with Gasteiger partial charge in [-0.2, -0.15) is 0 Å². The highest BCUT2D eigenvalue weighted by atomic mass is 79.9. The second-order valence-electron chi connectivity index (χ2n) is 4.03. The number of benzene rings is 1. The highest BCUT2D eigenvalue weighted by Gasteiger charge is 2.22. The summed E-state index contributed by atoms with van der Waals surface area (Å²) in [6.07, 6.45) is 3.39. The number of carbonyl (C=O) groups excluding carboxylic acids is 1. The third-order valence-electron chi connectivity index (χ3n) is 2.55. The number of nitrogens with zero attached hydrogens (tertiary/aromatic N) is 1. The predicted molar refractivity (Wildman–Crippen MR) is 84.7 cm³/mol. The maximum Gasteiger partial charge on any atom is 0.367 e. The molecule has 104 valence electrons. The minimum atomic E-state index is -0.443. The molecule has 0 spiro atoms. The Kier molecular flexibility index (Phi) is 4.77. The summed E-state index contributed by atoms with van der Waals surface area (Å²) in [5.41, 5.74) is 1.84. The number of oxime groups is 1. The lowest BCUT2D eigenvalue weighted by Crippen LogP contribution is -2.02. The van der Waals surface area contributed by atoms with Crippen LogP contribution < -0.4 is 4.74 Å². The van der Waals surface area contributed by atoms with Crippen LogP contribution in [0, 0.1) is 0 Å². The van der Waals surface area contributed by atoms with E-state index in [0.717, 1.165) is 14.5 Å². The lowest BCUT2D eigenvalue weighted by Gasteiger charge is -2.09. The molecule has 0 aliphatic carbocycles. The van der Waals surface area contributed by atoms with Crippen molar-refractivity contribution in [3.8, 4) is 5.75 Å². The van der Waals surface area contributed by atoms with Crippen molar-refractivity contribution in [1.29, 1.82) is 0 Å². The first-order valence-corrected chi connectivity index (χ1v) is 7.32. The number of hydrogen-bond acceptors (Lipinski definition) is 4. The van der Waals surface area contributed by atoms with E-state index in [1.165, 1.54) is 0 Å². The number of carbonyl (C=O) groups is 1. The molecule has 4 nitrogen and oxygen atoms in total. The van der Waals surface area contributed by atoms with Crippen LogP contribution in [0.25, 0.3) is 6.08 Å². The maximum atomic E-state index is 11.5. The van der Waals surface area contributed by atoms with E-state index in [0.29, 0.717) is 23.6 Å². The Balaban J connectivity index is 2.36. The number of rotatable bonds is 4. The molecule has 0 radical (unpaired) electrons. The monoisotopic (exact) mass is 399 g/mol. The second-order valence-corrected chi connectivity index (χ2v) is 5.74. The molecule has 2 rings (SSSR count). The van der Waals surface area contributed by atoms with Gasteiger partial charge in [-0.05, 0) is 62.6 Å². The molecule has 1 heterocycles. The van der Waals surface area contributed by atoms with Gasteiger partial charge >= 0.3 is 5.97 Å². The molecule has 0 saturated carbocycles. The van der Waals surface area contributed by atoms with Crippen molar-refractivity contribution in [2.75, 3.05) is 6.61 Å². The summed E-state index contributed by atoms with van der Waals surface area (Å²) < 4.78 is 7.09. The average Bonchev–Trinajstić information content (AvgIpc) is 2.70. The van der Waals surface area contributed by atoms with Gasteiger partial charge in [0.25, 0.3) is 0 Å². The Labute approximate surface area is 133 Å². The van der Waals surface area contributed by atoms with Crippen molar-refractivity contribution in [2.45, 2.75) is 6.92 Å². The molecule has 0 fully saturated rings. The summed E-state index contributed by atoms with van der Waals surface area (Å²) in [5.74, 6) is 0.244. The van der Waals surface area contributed by atoms with Crippen LogP contribution >= 0.6 is 31.9 Å². The van der Waals surface area contributed by atoms with Crippen LogP contribution in [-0.4, -0.2) is 18.3 Å². The fraction of sp³-hybridized carbons (Fsp3) is 0.143. The van der Waals surface area contributed by atoms with E-state index in [2.05, 4.69) is 48.4 Å².